The smallest absolute Gasteiger partial charge is 0.258 e. The summed E-state index contributed by atoms with van der Waals surface area (Å²) >= 11 is 5.81. The maximum Gasteiger partial charge on any atom is 0.258 e. The van der Waals surface area contributed by atoms with Crippen LogP contribution in [0.4, 0.5) is 0 Å². The number of amides is 1. The number of halogens is 1. The Morgan fingerprint density at radius 2 is 1.92 bits per heavy atom. The summed E-state index contributed by atoms with van der Waals surface area (Å²) in [6, 6.07) is 14.7. The number of ether oxygens (including phenoxy) is 1. The van der Waals surface area contributed by atoms with Crippen molar-refractivity contribution in [1.29, 1.82) is 0 Å². The minimum Gasteiger partial charge on any atom is -0.484 e. The molecule has 0 bridgehead atoms. The minimum absolute atomic E-state index is 0.0426. The van der Waals surface area contributed by atoms with Crippen molar-refractivity contribution in [2.75, 3.05) is 6.61 Å². The minimum atomic E-state index is -0.180. The van der Waals surface area contributed by atoms with E-state index in [0.717, 1.165) is 11.3 Å². The number of hydrogen-bond donors (Lipinski definition) is 1. The first-order chi connectivity index (χ1) is 12.1. The van der Waals surface area contributed by atoms with Crippen molar-refractivity contribution in [2.24, 2.45) is 0 Å². The average Bonchev–Trinajstić information content (AvgIpc) is 3.16. The van der Waals surface area contributed by atoms with E-state index in [1.54, 1.807) is 36.8 Å². The molecular formula is C19H18ClN3O2. The third-order valence-electron chi connectivity index (χ3n) is 3.76. The van der Waals surface area contributed by atoms with Crippen LogP contribution in [-0.4, -0.2) is 22.1 Å². The van der Waals surface area contributed by atoms with Crippen LogP contribution in [-0.2, 0) is 4.79 Å². The van der Waals surface area contributed by atoms with Crippen molar-refractivity contribution in [1.82, 2.24) is 14.9 Å². The average molecular weight is 356 g/mol. The molecule has 25 heavy (non-hydrogen) atoms. The van der Waals surface area contributed by atoms with E-state index in [1.807, 2.05) is 42.0 Å². The Bertz CT molecular complexity index is 815. The molecule has 1 unspecified atom stereocenters. The molecule has 0 aliphatic carbocycles. The molecule has 5 nitrogen and oxygen atoms in total. The summed E-state index contributed by atoms with van der Waals surface area (Å²) in [5, 5.41) is 3.55. The summed E-state index contributed by atoms with van der Waals surface area (Å²) in [7, 11) is 0. The van der Waals surface area contributed by atoms with Gasteiger partial charge in [-0.2, -0.15) is 0 Å². The molecule has 128 valence electrons. The second-order valence-electron chi connectivity index (χ2n) is 5.59. The number of rotatable bonds is 6. The van der Waals surface area contributed by atoms with Gasteiger partial charge in [-0.1, -0.05) is 23.7 Å². The highest BCUT2D eigenvalue weighted by Gasteiger charge is 2.10. The maximum absolute atomic E-state index is 12.0. The van der Waals surface area contributed by atoms with Gasteiger partial charge in [0, 0.05) is 23.1 Å². The van der Waals surface area contributed by atoms with Crippen LogP contribution in [0.3, 0.4) is 0 Å². The van der Waals surface area contributed by atoms with Crippen LogP contribution in [0.15, 0.2) is 67.3 Å². The van der Waals surface area contributed by atoms with Crippen molar-refractivity contribution in [2.45, 2.75) is 13.0 Å². The zero-order valence-corrected chi connectivity index (χ0v) is 14.5. The zero-order chi connectivity index (χ0) is 17.6. The molecule has 1 N–H and O–H groups in total. The Balaban J connectivity index is 1.53. The van der Waals surface area contributed by atoms with Gasteiger partial charge in [0.2, 0.25) is 0 Å². The Hall–Kier alpha value is -2.79. The highest BCUT2D eigenvalue weighted by atomic mass is 35.5. The molecule has 0 radical (unpaired) electrons. The van der Waals surface area contributed by atoms with Crippen LogP contribution in [0, 0.1) is 0 Å². The summed E-state index contributed by atoms with van der Waals surface area (Å²) in [6.07, 6.45) is 5.36. The SMILES string of the molecule is CC(NC(=O)COc1ccc(Cl)cc1)c1ccc(-n2ccnc2)cc1. The first-order valence-corrected chi connectivity index (χ1v) is 8.25. The van der Waals surface area contributed by atoms with Crippen LogP contribution in [0.5, 0.6) is 5.75 Å². The molecular weight excluding hydrogens is 338 g/mol. The number of benzene rings is 2. The van der Waals surface area contributed by atoms with E-state index in [4.69, 9.17) is 16.3 Å². The van der Waals surface area contributed by atoms with Gasteiger partial charge in [0.05, 0.1) is 12.4 Å². The van der Waals surface area contributed by atoms with Gasteiger partial charge in [0.1, 0.15) is 5.75 Å². The molecule has 6 heteroatoms. The van der Waals surface area contributed by atoms with Crippen molar-refractivity contribution in [3.05, 3.63) is 77.8 Å². The van der Waals surface area contributed by atoms with Crippen LogP contribution < -0.4 is 10.1 Å². The number of imidazole rings is 1. The second-order valence-corrected chi connectivity index (χ2v) is 6.03. The molecule has 0 aliphatic rings. The molecule has 3 rings (SSSR count). The summed E-state index contributed by atoms with van der Waals surface area (Å²) in [5.41, 5.74) is 2.04. The van der Waals surface area contributed by atoms with E-state index >= 15 is 0 Å². The predicted octanol–water partition coefficient (Wildman–Crippen LogP) is 3.78. The lowest BCUT2D eigenvalue weighted by molar-refractivity contribution is -0.123. The van der Waals surface area contributed by atoms with E-state index in [-0.39, 0.29) is 18.6 Å². The summed E-state index contributed by atoms with van der Waals surface area (Å²) < 4.78 is 7.37. The van der Waals surface area contributed by atoms with E-state index in [0.29, 0.717) is 10.8 Å². The lowest BCUT2D eigenvalue weighted by Crippen LogP contribution is -2.31. The number of carbonyl (C=O) groups is 1. The fourth-order valence-electron chi connectivity index (χ4n) is 2.39. The standard InChI is InChI=1S/C19H18ClN3O2/c1-14(15-2-6-17(7-3-15)23-11-10-21-13-23)22-19(24)12-25-18-8-4-16(20)5-9-18/h2-11,13-14H,12H2,1H3,(H,22,24). The normalized spacial score (nSPS) is 11.8. The van der Waals surface area contributed by atoms with E-state index in [2.05, 4.69) is 10.3 Å². The van der Waals surface area contributed by atoms with Gasteiger partial charge in [0.15, 0.2) is 6.61 Å². The number of hydrogen-bond acceptors (Lipinski definition) is 3. The fraction of sp³-hybridized carbons (Fsp3) is 0.158. The molecule has 1 amide bonds. The molecule has 0 fully saturated rings. The van der Waals surface area contributed by atoms with Gasteiger partial charge in [-0.15, -0.1) is 0 Å². The van der Waals surface area contributed by atoms with Crippen LogP contribution in [0.1, 0.15) is 18.5 Å². The Morgan fingerprint density at radius 3 is 2.56 bits per heavy atom. The van der Waals surface area contributed by atoms with Gasteiger partial charge in [-0.3, -0.25) is 4.79 Å². The van der Waals surface area contributed by atoms with Gasteiger partial charge >= 0.3 is 0 Å². The van der Waals surface area contributed by atoms with Crippen LogP contribution in [0.25, 0.3) is 5.69 Å². The largest absolute Gasteiger partial charge is 0.484 e. The van der Waals surface area contributed by atoms with Crippen molar-refractivity contribution >= 4 is 17.5 Å². The Kier molecular flexibility index (Phi) is 5.36. The first kappa shape index (κ1) is 17.0. The number of nitrogens with zero attached hydrogens (tertiary/aromatic N) is 2. The molecule has 1 atom stereocenters. The van der Waals surface area contributed by atoms with E-state index in [9.17, 15) is 4.79 Å². The van der Waals surface area contributed by atoms with Gasteiger partial charge < -0.3 is 14.6 Å². The predicted molar refractivity (Wildman–Crippen MR) is 97.1 cm³/mol. The lowest BCUT2D eigenvalue weighted by atomic mass is 10.1. The van der Waals surface area contributed by atoms with Gasteiger partial charge in [-0.25, -0.2) is 4.98 Å². The monoisotopic (exact) mass is 355 g/mol. The van der Waals surface area contributed by atoms with Crippen molar-refractivity contribution in [3.8, 4) is 11.4 Å². The summed E-state index contributed by atoms with van der Waals surface area (Å²) in [6.45, 7) is 1.89. The zero-order valence-electron chi connectivity index (χ0n) is 13.7. The van der Waals surface area contributed by atoms with E-state index in [1.165, 1.54) is 0 Å². The lowest BCUT2D eigenvalue weighted by Gasteiger charge is -2.15. The van der Waals surface area contributed by atoms with Gasteiger partial charge in [0.25, 0.3) is 5.91 Å². The molecule has 0 saturated heterocycles. The number of aromatic nitrogens is 2. The molecule has 3 aromatic rings. The molecule has 1 aromatic heterocycles. The van der Waals surface area contributed by atoms with Crippen LogP contribution >= 0.6 is 11.6 Å². The first-order valence-electron chi connectivity index (χ1n) is 7.88. The summed E-state index contributed by atoms with van der Waals surface area (Å²) in [4.78, 5) is 16.1. The highest BCUT2D eigenvalue weighted by molar-refractivity contribution is 6.30. The third-order valence-corrected chi connectivity index (χ3v) is 4.01. The Labute approximate surface area is 151 Å². The van der Waals surface area contributed by atoms with E-state index < -0.39 is 0 Å². The molecule has 0 aliphatic heterocycles. The molecule has 2 aromatic carbocycles. The fourth-order valence-corrected chi connectivity index (χ4v) is 2.52. The highest BCUT2D eigenvalue weighted by Crippen LogP contribution is 2.17. The molecule has 1 heterocycles. The molecule has 0 spiro atoms. The molecule has 0 saturated carbocycles. The number of nitrogens with one attached hydrogen (secondary N) is 1. The van der Waals surface area contributed by atoms with Crippen LogP contribution in [0.2, 0.25) is 5.02 Å². The van der Waals surface area contributed by atoms with Gasteiger partial charge in [-0.05, 0) is 48.9 Å². The number of carbonyl (C=O) groups excluding carboxylic acids is 1. The second kappa shape index (κ2) is 7.85. The van der Waals surface area contributed by atoms with Crippen molar-refractivity contribution < 1.29 is 9.53 Å². The maximum atomic E-state index is 12.0. The third kappa shape index (κ3) is 4.61. The van der Waals surface area contributed by atoms with Crippen molar-refractivity contribution in [3.63, 3.8) is 0 Å². The Morgan fingerprint density at radius 1 is 1.20 bits per heavy atom. The topological polar surface area (TPSA) is 56.1 Å². The quantitative estimate of drug-likeness (QED) is 0.732. The summed E-state index contributed by atoms with van der Waals surface area (Å²) in [5.74, 6) is 0.429.